The summed E-state index contributed by atoms with van der Waals surface area (Å²) in [6.07, 6.45) is 2.44. The molecule has 0 saturated carbocycles. The Bertz CT molecular complexity index is 366. The molecule has 21 heavy (non-hydrogen) atoms. The largest absolute Gasteiger partial charge is 0.444 e. The predicted molar refractivity (Wildman–Crippen MR) is 79.2 cm³/mol. The lowest BCUT2D eigenvalue weighted by atomic mass is 9.80. The number of aliphatic hydroxyl groups is 1. The normalized spacial score (nSPS) is 33.7. The molecule has 2 fully saturated rings. The fourth-order valence-corrected chi connectivity index (χ4v) is 3.14. The summed E-state index contributed by atoms with van der Waals surface area (Å²) in [5.41, 5.74) is -1.86. The van der Waals surface area contributed by atoms with Crippen LogP contribution >= 0.6 is 0 Å². The van der Waals surface area contributed by atoms with E-state index in [4.69, 9.17) is 9.47 Å². The molecule has 2 heterocycles. The van der Waals surface area contributed by atoms with E-state index in [1.54, 1.807) is 0 Å². The van der Waals surface area contributed by atoms with Gasteiger partial charge in [0.2, 0.25) is 0 Å². The molecule has 6 heteroatoms. The molecule has 2 aliphatic heterocycles. The third-order valence-corrected chi connectivity index (χ3v) is 3.99. The molecule has 2 saturated heterocycles. The molecule has 0 spiro atoms. The fourth-order valence-electron chi connectivity index (χ4n) is 3.14. The highest BCUT2D eigenvalue weighted by atomic mass is 16.6. The van der Waals surface area contributed by atoms with Gasteiger partial charge < -0.3 is 25.2 Å². The average molecular weight is 300 g/mol. The highest BCUT2D eigenvalue weighted by Crippen LogP contribution is 2.32. The Morgan fingerprint density at radius 1 is 1.43 bits per heavy atom. The second-order valence-corrected chi connectivity index (χ2v) is 7.39. The van der Waals surface area contributed by atoms with Crippen molar-refractivity contribution in [2.45, 2.75) is 63.2 Å². The number of piperidine rings is 1. The number of carbonyl (C=O) groups excluding carboxylic acids is 1. The first-order chi connectivity index (χ1) is 9.72. The van der Waals surface area contributed by atoms with Crippen LogP contribution in [0.25, 0.3) is 0 Å². The smallest absolute Gasteiger partial charge is 0.408 e. The van der Waals surface area contributed by atoms with Crippen molar-refractivity contribution in [2.75, 3.05) is 26.3 Å². The Labute approximate surface area is 126 Å². The van der Waals surface area contributed by atoms with Gasteiger partial charge in [-0.25, -0.2) is 4.79 Å². The van der Waals surface area contributed by atoms with Gasteiger partial charge in [-0.2, -0.15) is 0 Å². The van der Waals surface area contributed by atoms with E-state index in [0.717, 1.165) is 19.4 Å². The van der Waals surface area contributed by atoms with Gasteiger partial charge in [-0.3, -0.25) is 0 Å². The summed E-state index contributed by atoms with van der Waals surface area (Å²) in [5.74, 6) is 0. The molecule has 0 aromatic carbocycles. The van der Waals surface area contributed by atoms with Crippen molar-refractivity contribution in [3.63, 3.8) is 0 Å². The Morgan fingerprint density at radius 2 is 2.19 bits per heavy atom. The van der Waals surface area contributed by atoms with Crippen molar-refractivity contribution < 1.29 is 19.4 Å². The van der Waals surface area contributed by atoms with Crippen LogP contribution in [-0.2, 0) is 9.47 Å². The first-order valence-electron chi connectivity index (χ1n) is 7.74. The van der Waals surface area contributed by atoms with Crippen molar-refractivity contribution in [1.82, 2.24) is 10.6 Å². The monoisotopic (exact) mass is 300 g/mol. The van der Waals surface area contributed by atoms with Crippen LogP contribution in [0.5, 0.6) is 0 Å². The molecule has 0 aromatic heterocycles. The maximum atomic E-state index is 12.1. The Hall–Kier alpha value is -0.850. The number of hydrogen-bond acceptors (Lipinski definition) is 5. The number of ether oxygens (including phenoxy) is 2. The van der Waals surface area contributed by atoms with Gasteiger partial charge in [0.1, 0.15) is 5.60 Å². The van der Waals surface area contributed by atoms with E-state index in [1.165, 1.54) is 0 Å². The lowest BCUT2D eigenvalue weighted by molar-refractivity contribution is -0.0217. The molecule has 3 N–H and O–H groups in total. The fraction of sp³-hybridized carbons (Fsp3) is 0.933. The predicted octanol–water partition coefficient (Wildman–Crippen LogP) is 1.17. The van der Waals surface area contributed by atoms with Gasteiger partial charge in [-0.15, -0.1) is 0 Å². The maximum Gasteiger partial charge on any atom is 0.408 e. The third kappa shape index (κ3) is 4.83. The van der Waals surface area contributed by atoms with Crippen LogP contribution in [0.4, 0.5) is 4.79 Å². The summed E-state index contributed by atoms with van der Waals surface area (Å²) in [4.78, 5) is 12.1. The van der Waals surface area contributed by atoms with E-state index in [9.17, 15) is 9.90 Å². The first-order valence-corrected chi connectivity index (χ1v) is 7.74. The molecule has 2 atom stereocenters. The molecule has 6 nitrogen and oxygen atoms in total. The lowest BCUT2D eigenvalue weighted by Crippen LogP contribution is -2.58. The van der Waals surface area contributed by atoms with Crippen LogP contribution in [-0.4, -0.2) is 54.2 Å². The zero-order chi connectivity index (χ0) is 15.6. The molecule has 2 rings (SSSR count). The minimum atomic E-state index is -0.791. The van der Waals surface area contributed by atoms with Crippen LogP contribution in [0.1, 0.15) is 46.5 Å². The summed E-state index contributed by atoms with van der Waals surface area (Å²) in [5, 5.41) is 16.9. The summed E-state index contributed by atoms with van der Waals surface area (Å²) in [6.45, 7) is 8.03. The Balaban J connectivity index is 2.01. The molecule has 2 unspecified atom stereocenters. The van der Waals surface area contributed by atoms with Gasteiger partial charge >= 0.3 is 6.09 Å². The van der Waals surface area contributed by atoms with Gasteiger partial charge in [-0.1, -0.05) is 0 Å². The number of nitrogens with one attached hydrogen (secondary N) is 2. The molecule has 0 bridgehead atoms. The average Bonchev–Trinajstić information content (AvgIpc) is 2.74. The Kier molecular flexibility index (Phi) is 4.80. The molecule has 1 amide bonds. The Morgan fingerprint density at radius 3 is 2.71 bits per heavy atom. The SMILES string of the molecule is CC(C)(C)OC(=O)NC1(CC2(O)CCCNC2)CCOC1. The standard InChI is InChI=1S/C15H28N2O4/c1-13(2,3)21-12(18)17-14(6-8-20-11-14)9-15(19)5-4-7-16-10-15/h16,19H,4-11H2,1-3H3,(H,17,18). The van der Waals surface area contributed by atoms with Gasteiger partial charge in [0, 0.05) is 19.6 Å². The highest BCUT2D eigenvalue weighted by molar-refractivity contribution is 5.69. The van der Waals surface area contributed by atoms with Gasteiger partial charge in [0.25, 0.3) is 0 Å². The van der Waals surface area contributed by atoms with Gasteiger partial charge in [0.15, 0.2) is 0 Å². The summed E-state index contributed by atoms with van der Waals surface area (Å²) < 4.78 is 10.8. The van der Waals surface area contributed by atoms with Crippen LogP contribution < -0.4 is 10.6 Å². The van der Waals surface area contributed by atoms with Crippen LogP contribution in [0, 0.1) is 0 Å². The summed E-state index contributed by atoms with van der Waals surface area (Å²) in [6, 6.07) is 0. The maximum absolute atomic E-state index is 12.1. The van der Waals surface area contributed by atoms with Crippen molar-refractivity contribution in [1.29, 1.82) is 0 Å². The first kappa shape index (κ1) is 16.5. The number of rotatable bonds is 3. The van der Waals surface area contributed by atoms with Crippen molar-refractivity contribution in [3.8, 4) is 0 Å². The zero-order valence-corrected chi connectivity index (χ0v) is 13.3. The highest BCUT2D eigenvalue weighted by Gasteiger charge is 2.45. The van der Waals surface area contributed by atoms with Crippen molar-refractivity contribution in [2.24, 2.45) is 0 Å². The number of carbonyl (C=O) groups is 1. The van der Waals surface area contributed by atoms with E-state index in [0.29, 0.717) is 32.6 Å². The molecule has 122 valence electrons. The minimum absolute atomic E-state index is 0.425. The van der Waals surface area contributed by atoms with Crippen molar-refractivity contribution >= 4 is 6.09 Å². The van der Waals surface area contributed by atoms with E-state index < -0.39 is 22.8 Å². The molecule has 2 aliphatic rings. The van der Waals surface area contributed by atoms with Gasteiger partial charge in [0.05, 0.1) is 17.7 Å². The summed E-state index contributed by atoms with van der Waals surface area (Å²) >= 11 is 0. The topological polar surface area (TPSA) is 79.8 Å². The molecular weight excluding hydrogens is 272 g/mol. The number of alkyl carbamates (subject to hydrolysis) is 1. The third-order valence-electron chi connectivity index (χ3n) is 3.99. The van der Waals surface area contributed by atoms with Crippen LogP contribution in [0.3, 0.4) is 0 Å². The summed E-state index contributed by atoms with van der Waals surface area (Å²) in [7, 11) is 0. The quantitative estimate of drug-likeness (QED) is 0.729. The molecular formula is C15H28N2O4. The minimum Gasteiger partial charge on any atom is -0.444 e. The van der Waals surface area contributed by atoms with E-state index in [2.05, 4.69) is 10.6 Å². The van der Waals surface area contributed by atoms with E-state index in [-0.39, 0.29) is 0 Å². The molecule has 0 aromatic rings. The molecule has 0 aliphatic carbocycles. The molecule has 0 radical (unpaired) electrons. The van der Waals surface area contributed by atoms with E-state index in [1.807, 2.05) is 20.8 Å². The number of hydrogen-bond donors (Lipinski definition) is 3. The van der Waals surface area contributed by atoms with Crippen LogP contribution in [0.15, 0.2) is 0 Å². The van der Waals surface area contributed by atoms with Crippen LogP contribution in [0.2, 0.25) is 0 Å². The lowest BCUT2D eigenvalue weighted by Gasteiger charge is -2.40. The van der Waals surface area contributed by atoms with Crippen molar-refractivity contribution in [3.05, 3.63) is 0 Å². The van der Waals surface area contributed by atoms with Gasteiger partial charge in [-0.05, 0) is 46.6 Å². The number of β-amino-alcohol motifs (C(OH)–C–C–N with tert-alkyl or cyclic N) is 1. The van der Waals surface area contributed by atoms with E-state index >= 15 is 0 Å². The second kappa shape index (κ2) is 6.10. The second-order valence-electron chi connectivity index (χ2n) is 7.39. The number of amides is 1. The zero-order valence-electron chi connectivity index (χ0n) is 13.3.